The van der Waals surface area contributed by atoms with Crippen LogP contribution in [0, 0.1) is 0 Å². The van der Waals surface area contributed by atoms with Crippen LogP contribution in [-0.2, 0) is 11.3 Å². The molecule has 0 saturated carbocycles. The van der Waals surface area contributed by atoms with Crippen LogP contribution >= 0.6 is 0 Å². The minimum Gasteiger partial charge on any atom is -0.497 e. The lowest BCUT2D eigenvalue weighted by Crippen LogP contribution is -2.04. The van der Waals surface area contributed by atoms with E-state index in [0.717, 1.165) is 11.1 Å². The van der Waals surface area contributed by atoms with E-state index in [2.05, 4.69) is 0 Å². The molecule has 0 heterocycles. The minimum absolute atomic E-state index is 0.253. The van der Waals surface area contributed by atoms with Gasteiger partial charge in [-0.15, -0.1) is 0 Å². The first-order chi connectivity index (χ1) is 9.74. The molecule has 0 fully saturated rings. The minimum atomic E-state index is -0.956. The van der Waals surface area contributed by atoms with E-state index in [-0.39, 0.29) is 6.61 Å². The molecule has 2 rings (SSSR count). The zero-order valence-electron chi connectivity index (χ0n) is 11.6. The maximum Gasteiger partial charge on any atom is 0.181 e. The lowest BCUT2D eigenvalue weighted by Gasteiger charge is -2.14. The van der Waals surface area contributed by atoms with Crippen molar-refractivity contribution < 1.29 is 19.3 Å². The van der Waals surface area contributed by atoms with Gasteiger partial charge in [0.2, 0.25) is 0 Å². The molecule has 4 nitrogen and oxygen atoms in total. The molecule has 1 N–H and O–H groups in total. The van der Waals surface area contributed by atoms with Gasteiger partial charge in [0.05, 0.1) is 20.8 Å². The summed E-state index contributed by atoms with van der Waals surface area (Å²) in [5.74, 6) is 1.39. The quantitative estimate of drug-likeness (QED) is 0.823. The Kier molecular flexibility index (Phi) is 4.98. The molecule has 20 heavy (non-hydrogen) atoms. The first-order valence-corrected chi connectivity index (χ1v) is 6.30. The van der Waals surface area contributed by atoms with Crippen molar-refractivity contribution in [2.45, 2.75) is 12.9 Å². The van der Waals surface area contributed by atoms with Gasteiger partial charge in [-0.25, -0.2) is 0 Å². The van der Waals surface area contributed by atoms with Crippen molar-refractivity contribution >= 4 is 0 Å². The van der Waals surface area contributed by atoms with Crippen molar-refractivity contribution in [1.29, 1.82) is 0 Å². The highest BCUT2D eigenvalue weighted by Gasteiger charge is 2.10. The highest BCUT2D eigenvalue weighted by atomic mass is 16.6. The number of benzene rings is 2. The van der Waals surface area contributed by atoms with Crippen LogP contribution in [0.15, 0.2) is 48.5 Å². The zero-order chi connectivity index (χ0) is 14.4. The first kappa shape index (κ1) is 14.4. The molecule has 0 saturated heterocycles. The lowest BCUT2D eigenvalue weighted by atomic mass is 10.2. The van der Waals surface area contributed by atoms with E-state index in [4.69, 9.17) is 14.2 Å². The highest BCUT2D eigenvalue weighted by molar-refractivity contribution is 5.40. The third kappa shape index (κ3) is 3.50. The van der Waals surface area contributed by atoms with E-state index in [0.29, 0.717) is 11.5 Å². The Morgan fingerprint density at radius 3 is 2.40 bits per heavy atom. The fourth-order valence-corrected chi connectivity index (χ4v) is 1.85. The fraction of sp³-hybridized carbons (Fsp3) is 0.250. The van der Waals surface area contributed by atoms with Crippen molar-refractivity contribution in [3.05, 3.63) is 59.7 Å². The number of methoxy groups -OCH3 is 2. The van der Waals surface area contributed by atoms with Crippen molar-refractivity contribution in [3.63, 3.8) is 0 Å². The van der Waals surface area contributed by atoms with Crippen LogP contribution in [0.4, 0.5) is 0 Å². The number of aliphatic hydroxyl groups excluding tert-OH is 1. The Morgan fingerprint density at radius 1 is 1.00 bits per heavy atom. The standard InChI is InChI=1S/C16H18O4/c1-18-14-9-8-13(15(10-14)19-2)11-20-16(17)12-6-4-3-5-7-12/h3-10,16-17H,11H2,1-2H3. The molecule has 106 valence electrons. The molecule has 0 aliphatic rings. The monoisotopic (exact) mass is 274 g/mol. The summed E-state index contributed by atoms with van der Waals surface area (Å²) >= 11 is 0. The normalized spacial score (nSPS) is 11.9. The van der Waals surface area contributed by atoms with Crippen LogP contribution in [0.1, 0.15) is 17.4 Å². The second-order valence-electron chi connectivity index (χ2n) is 4.25. The fourth-order valence-electron chi connectivity index (χ4n) is 1.85. The molecule has 2 aromatic rings. The molecule has 0 radical (unpaired) electrons. The van der Waals surface area contributed by atoms with Gasteiger partial charge in [0.1, 0.15) is 11.5 Å². The Morgan fingerprint density at radius 2 is 1.75 bits per heavy atom. The number of aliphatic hydroxyl groups is 1. The number of hydrogen-bond donors (Lipinski definition) is 1. The first-order valence-electron chi connectivity index (χ1n) is 6.30. The molecule has 4 heteroatoms. The largest absolute Gasteiger partial charge is 0.497 e. The van der Waals surface area contributed by atoms with E-state index in [1.54, 1.807) is 20.3 Å². The van der Waals surface area contributed by atoms with Gasteiger partial charge in [-0.3, -0.25) is 0 Å². The van der Waals surface area contributed by atoms with Gasteiger partial charge in [0.25, 0.3) is 0 Å². The topological polar surface area (TPSA) is 47.9 Å². The van der Waals surface area contributed by atoms with E-state index < -0.39 is 6.29 Å². The van der Waals surface area contributed by atoms with Crippen LogP contribution in [0.2, 0.25) is 0 Å². The van der Waals surface area contributed by atoms with Gasteiger partial charge < -0.3 is 19.3 Å². The summed E-state index contributed by atoms with van der Waals surface area (Å²) < 4.78 is 15.9. The number of ether oxygens (including phenoxy) is 3. The summed E-state index contributed by atoms with van der Waals surface area (Å²) in [6, 6.07) is 14.7. The third-order valence-corrected chi connectivity index (χ3v) is 2.98. The molecule has 0 bridgehead atoms. The molecule has 2 aromatic carbocycles. The summed E-state index contributed by atoms with van der Waals surface area (Å²) in [5, 5.41) is 9.96. The van der Waals surface area contributed by atoms with E-state index in [9.17, 15) is 5.11 Å². The van der Waals surface area contributed by atoms with E-state index in [1.807, 2.05) is 42.5 Å². The SMILES string of the molecule is COc1ccc(COC(O)c2ccccc2)c(OC)c1. The zero-order valence-corrected chi connectivity index (χ0v) is 11.6. The Labute approximate surface area is 118 Å². The van der Waals surface area contributed by atoms with E-state index >= 15 is 0 Å². The maximum absolute atomic E-state index is 9.96. The van der Waals surface area contributed by atoms with Crippen LogP contribution in [0.5, 0.6) is 11.5 Å². The van der Waals surface area contributed by atoms with Crippen molar-refractivity contribution in [2.75, 3.05) is 14.2 Å². The van der Waals surface area contributed by atoms with Gasteiger partial charge >= 0.3 is 0 Å². The average molecular weight is 274 g/mol. The summed E-state index contributed by atoms with van der Waals surface area (Å²) in [5.41, 5.74) is 1.57. The van der Waals surface area contributed by atoms with E-state index in [1.165, 1.54) is 0 Å². The van der Waals surface area contributed by atoms with Crippen LogP contribution in [-0.4, -0.2) is 19.3 Å². The van der Waals surface area contributed by atoms with Crippen molar-refractivity contribution in [1.82, 2.24) is 0 Å². The van der Waals surface area contributed by atoms with Gasteiger partial charge in [-0.05, 0) is 12.1 Å². The highest BCUT2D eigenvalue weighted by Crippen LogP contribution is 2.26. The van der Waals surface area contributed by atoms with Crippen molar-refractivity contribution in [2.24, 2.45) is 0 Å². The van der Waals surface area contributed by atoms with Gasteiger partial charge in [0.15, 0.2) is 6.29 Å². The molecule has 0 aromatic heterocycles. The predicted molar refractivity (Wildman–Crippen MR) is 75.7 cm³/mol. The Balaban J connectivity index is 2.03. The molecule has 1 unspecified atom stereocenters. The number of rotatable bonds is 6. The average Bonchev–Trinajstić information content (AvgIpc) is 2.53. The van der Waals surface area contributed by atoms with Crippen molar-refractivity contribution in [3.8, 4) is 11.5 Å². The molecular formula is C16H18O4. The summed E-state index contributed by atoms with van der Waals surface area (Å²) in [4.78, 5) is 0. The molecule has 0 spiro atoms. The van der Waals surface area contributed by atoms with Crippen LogP contribution < -0.4 is 9.47 Å². The smallest absolute Gasteiger partial charge is 0.181 e. The predicted octanol–water partition coefficient (Wildman–Crippen LogP) is 2.91. The Hall–Kier alpha value is -2.04. The lowest BCUT2D eigenvalue weighted by molar-refractivity contribution is -0.112. The maximum atomic E-state index is 9.96. The number of hydrogen-bond acceptors (Lipinski definition) is 4. The molecular weight excluding hydrogens is 256 g/mol. The van der Waals surface area contributed by atoms with Gasteiger partial charge in [-0.2, -0.15) is 0 Å². The molecule has 1 atom stereocenters. The van der Waals surface area contributed by atoms with Gasteiger partial charge in [-0.1, -0.05) is 30.3 Å². The third-order valence-electron chi connectivity index (χ3n) is 2.98. The second kappa shape index (κ2) is 6.93. The molecule has 0 aliphatic heterocycles. The summed E-state index contributed by atoms with van der Waals surface area (Å²) in [7, 11) is 3.19. The second-order valence-corrected chi connectivity index (χ2v) is 4.25. The van der Waals surface area contributed by atoms with Crippen LogP contribution in [0.3, 0.4) is 0 Å². The van der Waals surface area contributed by atoms with Gasteiger partial charge in [0, 0.05) is 17.2 Å². The van der Waals surface area contributed by atoms with Crippen LogP contribution in [0.25, 0.3) is 0 Å². The molecule has 0 amide bonds. The Bertz CT molecular complexity index is 539. The summed E-state index contributed by atoms with van der Waals surface area (Å²) in [6.07, 6.45) is -0.956. The molecule has 0 aliphatic carbocycles. The summed E-state index contributed by atoms with van der Waals surface area (Å²) in [6.45, 7) is 0.253.